The summed E-state index contributed by atoms with van der Waals surface area (Å²) in [4.78, 5) is 10.4. The summed E-state index contributed by atoms with van der Waals surface area (Å²) < 4.78 is 30.7. The number of hydrogen-bond donors (Lipinski definition) is 1. The summed E-state index contributed by atoms with van der Waals surface area (Å²) in [6.45, 7) is 2.71. The summed E-state index contributed by atoms with van der Waals surface area (Å²) in [6.07, 6.45) is 3.45. The second-order valence-corrected chi connectivity index (χ2v) is 8.60. The molecule has 0 saturated carbocycles. The van der Waals surface area contributed by atoms with Crippen LogP contribution in [0.2, 0.25) is 0 Å². The highest BCUT2D eigenvalue weighted by molar-refractivity contribution is 7.92. The molecule has 0 heterocycles. The van der Waals surface area contributed by atoms with Crippen LogP contribution in [0.4, 0.5) is 5.69 Å². The zero-order valence-corrected chi connectivity index (χ0v) is 17.1. The van der Waals surface area contributed by atoms with Crippen molar-refractivity contribution >= 4 is 22.2 Å². The molecule has 2 aromatic carbocycles. The van der Waals surface area contributed by atoms with Gasteiger partial charge in [0, 0.05) is 6.54 Å². The number of carbonyl (C=O) groups is 1. The molecule has 0 bridgehead atoms. The Balaban J connectivity index is 2.06. The number of hydrogen-bond acceptors (Lipinski definition) is 5. The number of anilines is 1. The van der Waals surface area contributed by atoms with Crippen LogP contribution in [-0.2, 0) is 21.2 Å². The van der Waals surface area contributed by atoms with E-state index in [1.807, 2.05) is 13.0 Å². The number of benzene rings is 2. The van der Waals surface area contributed by atoms with Crippen LogP contribution < -0.4 is 9.04 Å². The molecule has 0 spiro atoms. The Morgan fingerprint density at radius 3 is 2.50 bits per heavy atom. The molecule has 1 atom stereocenters. The van der Waals surface area contributed by atoms with E-state index in [0.29, 0.717) is 43.7 Å². The van der Waals surface area contributed by atoms with Gasteiger partial charge in [0.15, 0.2) is 0 Å². The van der Waals surface area contributed by atoms with Gasteiger partial charge in [-0.15, -0.1) is 0 Å². The molecule has 7 heteroatoms. The Hall–Kier alpha value is -2.38. The third-order valence-electron chi connectivity index (χ3n) is 4.44. The van der Waals surface area contributed by atoms with Crippen molar-refractivity contribution in [1.82, 2.24) is 0 Å². The van der Waals surface area contributed by atoms with Crippen LogP contribution in [0.1, 0.15) is 43.4 Å². The fourth-order valence-electron chi connectivity index (χ4n) is 3.05. The molecule has 0 amide bonds. The Bertz CT molecular complexity index is 865. The summed E-state index contributed by atoms with van der Waals surface area (Å²) in [5, 5.41) is 10.1. The lowest BCUT2D eigenvalue weighted by Gasteiger charge is -2.23. The Morgan fingerprint density at radius 1 is 1.18 bits per heavy atom. The molecule has 0 fully saturated rings. The van der Waals surface area contributed by atoms with Gasteiger partial charge >= 0.3 is 0 Å². The van der Waals surface area contributed by atoms with Crippen LogP contribution in [0.15, 0.2) is 48.5 Å². The molecule has 0 saturated heterocycles. The average molecular weight is 406 g/mol. The molecule has 0 aromatic heterocycles. The molecule has 0 aliphatic rings. The fourth-order valence-corrected chi connectivity index (χ4v) is 4.01. The SMILES string of the molecule is CCCC(O)c1ccc(N(CCCc2cccc(OC=O)c2)S(C)(=O)=O)cc1. The van der Waals surface area contributed by atoms with E-state index >= 15 is 0 Å². The van der Waals surface area contributed by atoms with Crippen LogP contribution in [-0.4, -0.2) is 32.8 Å². The molecule has 0 aliphatic carbocycles. The second-order valence-electron chi connectivity index (χ2n) is 6.70. The van der Waals surface area contributed by atoms with E-state index in [-0.39, 0.29) is 0 Å². The van der Waals surface area contributed by atoms with Crippen molar-refractivity contribution in [2.45, 2.75) is 38.7 Å². The average Bonchev–Trinajstić information content (AvgIpc) is 2.65. The Morgan fingerprint density at radius 2 is 1.89 bits per heavy atom. The summed E-state index contributed by atoms with van der Waals surface area (Å²) in [7, 11) is -3.43. The van der Waals surface area contributed by atoms with Crippen molar-refractivity contribution in [2.75, 3.05) is 17.1 Å². The van der Waals surface area contributed by atoms with Crippen molar-refractivity contribution < 1.29 is 23.1 Å². The van der Waals surface area contributed by atoms with Gasteiger partial charge in [-0.25, -0.2) is 8.42 Å². The van der Waals surface area contributed by atoms with E-state index in [0.717, 1.165) is 17.5 Å². The summed E-state index contributed by atoms with van der Waals surface area (Å²) in [5.74, 6) is 0.466. The highest BCUT2D eigenvalue weighted by Gasteiger charge is 2.17. The summed E-state index contributed by atoms with van der Waals surface area (Å²) >= 11 is 0. The van der Waals surface area contributed by atoms with Gasteiger partial charge in [-0.2, -0.15) is 0 Å². The first-order valence-electron chi connectivity index (χ1n) is 9.30. The van der Waals surface area contributed by atoms with E-state index in [9.17, 15) is 18.3 Å². The monoisotopic (exact) mass is 405 g/mol. The molecular weight excluding hydrogens is 378 g/mol. The highest BCUT2D eigenvalue weighted by Crippen LogP contribution is 2.24. The number of ether oxygens (including phenoxy) is 1. The predicted molar refractivity (Wildman–Crippen MR) is 110 cm³/mol. The number of nitrogens with zero attached hydrogens (tertiary/aromatic N) is 1. The lowest BCUT2D eigenvalue weighted by Crippen LogP contribution is -2.31. The molecular formula is C21H27NO5S. The number of carbonyl (C=O) groups excluding carboxylic acids is 1. The quantitative estimate of drug-likeness (QED) is 0.579. The summed E-state index contributed by atoms with van der Waals surface area (Å²) in [6, 6.07) is 14.2. The van der Waals surface area contributed by atoms with Crippen LogP contribution in [0, 0.1) is 0 Å². The maximum absolute atomic E-state index is 12.3. The molecule has 1 N–H and O–H groups in total. The zero-order valence-electron chi connectivity index (χ0n) is 16.2. The van der Waals surface area contributed by atoms with E-state index in [1.54, 1.807) is 42.5 Å². The molecule has 0 aliphatic heterocycles. The molecule has 0 radical (unpaired) electrons. The molecule has 6 nitrogen and oxygen atoms in total. The predicted octanol–water partition coefficient (Wildman–Crippen LogP) is 3.45. The maximum Gasteiger partial charge on any atom is 0.298 e. The minimum atomic E-state index is -3.43. The van der Waals surface area contributed by atoms with E-state index in [4.69, 9.17) is 4.74 Å². The number of aryl methyl sites for hydroxylation is 1. The number of rotatable bonds is 11. The molecule has 2 rings (SSSR count). The zero-order chi connectivity index (χ0) is 20.6. The minimum Gasteiger partial charge on any atom is -0.429 e. The van der Waals surface area contributed by atoms with E-state index in [2.05, 4.69) is 0 Å². The molecule has 1 unspecified atom stereocenters. The first kappa shape index (κ1) is 21.9. The maximum atomic E-state index is 12.3. The third-order valence-corrected chi connectivity index (χ3v) is 5.63. The van der Waals surface area contributed by atoms with Crippen molar-refractivity contribution in [1.29, 1.82) is 0 Å². The Kier molecular flexibility index (Phi) is 8.02. The van der Waals surface area contributed by atoms with Gasteiger partial charge in [0.05, 0.1) is 18.0 Å². The second kappa shape index (κ2) is 10.2. The normalized spacial score (nSPS) is 12.4. The van der Waals surface area contributed by atoms with Crippen molar-refractivity contribution in [2.24, 2.45) is 0 Å². The number of aliphatic hydroxyl groups excluding tert-OH is 1. The first-order valence-corrected chi connectivity index (χ1v) is 11.1. The van der Waals surface area contributed by atoms with Crippen LogP contribution >= 0.6 is 0 Å². The minimum absolute atomic E-state index is 0.328. The van der Waals surface area contributed by atoms with Gasteiger partial charge in [-0.1, -0.05) is 37.6 Å². The lowest BCUT2D eigenvalue weighted by molar-refractivity contribution is -0.120. The van der Waals surface area contributed by atoms with Gasteiger partial charge < -0.3 is 9.84 Å². The van der Waals surface area contributed by atoms with Crippen LogP contribution in [0.5, 0.6) is 5.75 Å². The first-order chi connectivity index (χ1) is 13.3. The fraction of sp³-hybridized carbons (Fsp3) is 0.381. The van der Waals surface area contributed by atoms with Gasteiger partial charge in [-0.05, 0) is 54.7 Å². The topological polar surface area (TPSA) is 83.9 Å². The van der Waals surface area contributed by atoms with Crippen molar-refractivity contribution in [3.8, 4) is 5.75 Å². The smallest absolute Gasteiger partial charge is 0.298 e. The van der Waals surface area contributed by atoms with Gasteiger partial charge in [-0.3, -0.25) is 9.10 Å². The van der Waals surface area contributed by atoms with E-state index in [1.165, 1.54) is 10.6 Å². The lowest BCUT2D eigenvalue weighted by atomic mass is 10.0. The molecule has 28 heavy (non-hydrogen) atoms. The van der Waals surface area contributed by atoms with Crippen LogP contribution in [0.3, 0.4) is 0 Å². The van der Waals surface area contributed by atoms with Crippen molar-refractivity contribution in [3.63, 3.8) is 0 Å². The number of aliphatic hydroxyl groups is 1. The Labute approximate surface area is 166 Å². The molecule has 152 valence electrons. The third kappa shape index (κ3) is 6.35. The highest BCUT2D eigenvalue weighted by atomic mass is 32.2. The largest absolute Gasteiger partial charge is 0.429 e. The standard InChI is InChI=1S/C21H27NO5S/c1-3-6-21(24)18-10-12-19(13-11-18)22(28(2,25)26)14-5-8-17-7-4-9-20(15-17)27-16-23/h4,7,9-13,15-16,21,24H,3,5-6,8,14H2,1-2H3. The number of sulfonamides is 1. The molecule has 2 aromatic rings. The van der Waals surface area contributed by atoms with Gasteiger partial charge in [0.25, 0.3) is 6.47 Å². The van der Waals surface area contributed by atoms with Crippen molar-refractivity contribution in [3.05, 3.63) is 59.7 Å². The van der Waals surface area contributed by atoms with Crippen LogP contribution in [0.25, 0.3) is 0 Å². The van der Waals surface area contributed by atoms with Gasteiger partial charge in [0.2, 0.25) is 10.0 Å². The van der Waals surface area contributed by atoms with Gasteiger partial charge in [0.1, 0.15) is 5.75 Å². The van der Waals surface area contributed by atoms with E-state index < -0.39 is 16.1 Å². The summed E-state index contributed by atoms with van der Waals surface area (Å²) in [5.41, 5.74) is 2.32.